The number of hydrogen-bond donors (Lipinski definition) is 3. The van der Waals surface area contributed by atoms with Crippen molar-refractivity contribution in [2.24, 2.45) is 0 Å². The van der Waals surface area contributed by atoms with Crippen LogP contribution in [0.1, 0.15) is 13.3 Å². The lowest BCUT2D eigenvalue weighted by Crippen LogP contribution is -2.09. The van der Waals surface area contributed by atoms with Crippen LogP contribution in [0.25, 0.3) is 0 Å². The number of aliphatic hydroxyl groups excluding tert-OH is 1. The SMILES string of the molecule is CCCNc1cccc(NCCO)c1[N+](=O)[O-]. The molecule has 0 aliphatic rings. The van der Waals surface area contributed by atoms with Crippen LogP contribution in [0.5, 0.6) is 0 Å². The van der Waals surface area contributed by atoms with Crippen LogP contribution in [0.15, 0.2) is 18.2 Å². The molecule has 0 radical (unpaired) electrons. The van der Waals surface area contributed by atoms with E-state index in [0.717, 1.165) is 6.42 Å². The molecule has 94 valence electrons. The lowest BCUT2D eigenvalue weighted by Gasteiger charge is -2.10. The van der Waals surface area contributed by atoms with E-state index in [-0.39, 0.29) is 18.8 Å². The van der Waals surface area contributed by atoms with Gasteiger partial charge >= 0.3 is 5.69 Å². The molecule has 0 fully saturated rings. The third-order valence-corrected chi connectivity index (χ3v) is 2.21. The Morgan fingerprint density at radius 2 is 1.88 bits per heavy atom. The van der Waals surface area contributed by atoms with Crippen LogP contribution in [0.3, 0.4) is 0 Å². The van der Waals surface area contributed by atoms with E-state index in [0.29, 0.717) is 17.9 Å². The molecule has 0 aliphatic carbocycles. The normalized spacial score (nSPS) is 10.0. The molecule has 0 bridgehead atoms. The second-order valence-corrected chi connectivity index (χ2v) is 3.54. The van der Waals surface area contributed by atoms with E-state index in [4.69, 9.17) is 5.11 Å². The number of aliphatic hydroxyl groups is 1. The summed E-state index contributed by atoms with van der Waals surface area (Å²) in [6.07, 6.45) is 0.894. The molecule has 3 N–H and O–H groups in total. The van der Waals surface area contributed by atoms with Gasteiger partial charge in [0.05, 0.1) is 11.5 Å². The fraction of sp³-hybridized carbons (Fsp3) is 0.455. The maximum Gasteiger partial charge on any atom is 0.315 e. The number of nitro groups is 1. The summed E-state index contributed by atoms with van der Waals surface area (Å²) in [5, 5.41) is 25.6. The molecule has 0 amide bonds. The fourth-order valence-corrected chi connectivity index (χ4v) is 1.48. The fourth-order valence-electron chi connectivity index (χ4n) is 1.48. The Morgan fingerprint density at radius 3 is 2.35 bits per heavy atom. The summed E-state index contributed by atoms with van der Waals surface area (Å²) >= 11 is 0. The topological polar surface area (TPSA) is 87.4 Å². The van der Waals surface area contributed by atoms with E-state index in [1.807, 2.05) is 6.92 Å². The van der Waals surface area contributed by atoms with Gasteiger partial charge in [0.25, 0.3) is 0 Å². The van der Waals surface area contributed by atoms with Crippen LogP contribution < -0.4 is 10.6 Å². The van der Waals surface area contributed by atoms with Crippen molar-refractivity contribution in [3.05, 3.63) is 28.3 Å². The zero-order chi connectivity index (χ0) is 12.7. The zero-order valence-electron chi connectivity index (χ0n) is 9.77. The molecule has 0 unspecified atom stereocenters. The molecule has 17 heavy (non-hydrogen) atoms. The van der Waals surface area contributed by atoms with Crippen molar-refractivity contribution in [1.29, 1.82) is 0 Å². The minimum absolute atomic E-state index is 0.0226. The average molecular weight is 239 g/mol. The van der Waals surface area contributed by atoms with Crippen LogP contribution in [-0.4, -0.2) is 29.7 Å². The maximum absolute atomic E-state index is 11.0. The molecule has 0 atom stereocenters. The monoisotopic (exact) mass is 239 g/mol. The maximum atomic E-state index is 11.0. The quantitative estimate of drug-likeness (QED) is 0.499. The lowest BCUT2D eigenvalue weighted by atomic mass is 10.2. The minimum atomic E-state index is -0.419. The molecule has 6 nitrogen and oxygen atoms in total. The first-order valence-electron chi connectivity index (χ1n) is 5.56. The van der Waals surface area contributed by atoms with Crippen molar-refractivity contribution in [2.45, 2.75) is 13.3 Å². The predicted octanol–water partition coefficient (Wildman–Crippen LogP) is 1.82. The van der Waals surface area contributed by atoms with Crippen molar-refractivity contribution in [3.63, 3.8) is 0 Å². The first-order valence-corrected chi connectivity index (χ1v) is 5.56. The molecular weight excluding hydrogens is 222 g/mol. The van der Waals surface area contributed by atoms with Gasteiger partial charge in [-0.2, -0.15) is 0 Å². The van der Waals surface area contributed by atoms with Gasteiger partial charge < -0.3 is 15.7 Å². The van der Waals surface area contributed by atoms with Gasteiger partial charge in [0.15, 0.2) is 0 Å². The highest BCUT2D eigenvalue weighted by Gasteiger charge is 2.18. The van der Waals surface area contributed by atoms with Crippen LogP contribution in [-0.2, 0) is 0 Å². The van der Waals surface area contributed by atoms with Crippen molar-refractivity contribution >= 4 is 17.1 Å². The Labute approximate surface area is 99.8 Å². The Kier molecular flexibility index (Phi) is 5.22. The van der Waals surface area contributed by atoms with Gasteiger partial charge in [0.2, 0.25) is 0 Å². The largest absolute Gasteiger partial charge is 0.395 e. The average Bonchev–Trinajstić information content (AvgIpc) is 2.33. The molecule has 0 aliphatic heterocycles. The van der Waals surface area contributed by atoms with Crippen LogP contribution in [0.4, 0.5) is 17.1 Å². The third kappa shape index (κ3) is 3.60. The predicted molar refractivity (Wildman–Crippen MR) is 67.5 cm³/mol. The highest BCUT2D eigenvalue weighted by molar-refractivity contribution is 5.76. The molecule has 1 aromatic rings. The van der Waals surface area contributed by atoms with Gasteiger partial charge in [-0.05, 0) is 18.6 Å². The molecule has 0 saturated heterocycles. The summed E-state index contributed by atoms with van der Waals surface area (Å²) in [5.41, 5.74) is 0.944. The van der Waals surface area contributed by atoms with Gasteiger partial charge in [0, 0.05) is 13.1 Å². The van der Waals surface area contributed by atoms with E-state index < -0.39 is 4.92 Å². The number of rotatable bonds is 7. The minimum Gasteiger partial charge on any atom is -0.395 e. The molecule has 1 rings (SSSR count). The van der Waals surface area contributed by atoms with E-state index in [1.54, 1.807) is 18.2 Å². The summed E-state index contributed by atoms with van der Waals surface area (Å²) in [4.78, 5) is 10.6. The summed E-state index contributed by atoms with van der Waals surface area (Å²) < 4.78 is 0. The van der Waals surface area contributed by atoms with E-state index >= 15 is 0 Å². The van der Waals surface area contributed by atoms with Gasteiger partial charge in [-0.25, -0.2) is 0 Å². The number of hydrogen-bond acceptors (Lipinski definition) is 5. The number of nitrogens with one attached hydrogen (secondary N) is 2. The van der Waals surface area contributed by atoms with Crippen molar-refractivity contribution < 1.29 is 10.0 Å². The summed E-state index contributed by atoms with van der Waals surface area (Å²) in [6, 6.07) is 5.05. The lowest BCUT2D eigenvalue weighted by molar-refractivity contribution is -0.383. The standard InChI is InChI=1S/C11H17N3O3/c1-2-6-12-9-4-3-5-10(13-7-8-15)11(9)14(16)17/h3-5,12-13,15H,2,6-8H2,1H3. The summed E-state index contributed by atoms with van der Waals surface area (Å²) in [7, 11) is 0. The Balaban J connectivity index is 2.99. The second-order valence-electron chi connectivity index (χ2n) is 3.54. The molecule has 6 heteroatoms. The van der Waals surface area contributed by atoms with Crippen molar-refractivity contribution in [3.8, 4) is 0 Å². The van der Waals surface area contributed by atoms with Gasteiger partial charge in [-0.3, -0.25) is 10.1 Å². The number of benzene rings is 1. The smallest absolute Gasteiger partial charge is 0.315 e. The van der Waals surface area contributed by atoms with Crippen LogP contribution >= 0.6 is 0 Å². The zero-order valence-corrected chi connectivity index (χ0v) is 9.77. The first-order chi connectivity index (χ1) is 8.20. The van der Waals surface area contributed by atoms with Gasteiger partial charge in [-0.15, -0.1) is 0 Å². The second kappa shape index (κ2) is 6.70. The number of anilines is 2. The summed E-state index contributed by atoms with van der Waals surface area (Å²) in [6.45, 7) is 2.90. The third-order valence-electron chi connectivity index (χ3n) is 2.21. The van der Waals surface area contributed by atoms with Crippen molar-refractivity contribution in [2.75, 3.05) is 30.3 Å². The van der Waals surface area contributed by atoms with Crippen LogP contribution in [0, 0.1) is 10.1 Å². The van der Waals surface area contributed by atoms with Crippen molar-refractivity contribution in [1.82, 2.24) is 0 Å². The Morgan fingerprint density at radius 1 is 1.29 bits per heavy atom. The number of nitrogens with zero attached hydrogens (tertiary/aromatic N) is 1. The Hall–Kier alpha value is -1.82. The van der Waals surface area contributed by atoms with E-state index in [1.165, 1.54) is 0 Å². The Bertz CT molecular complexity index is 356. The summed E-state index contributed by atoms with van der Waals surface area (Å²) in [5.74, 6) is 0. The number of nitro benzene ring substituents is 1. The van der Waals surface area contributed by atoms with Gasteiger partial charge in [0.1, 0.15) is 11.4 Å². The molecule has 0 spiro atoms. The molecule has 0 heterocycles. The highest BCUT2D eigenvalue weighted by Crippen LogP contribution is 2.32. The van der Waals surface area contributed by atoms with E-state index in [2.05, 4.69) is 10.6 Å². The molecule has 1 aromatic carbocycles. The van der Waals surface area contributed by atoms with E-state index in [9.17, 15) is 10.1 Å². The highest BCUT2D eigenvalue weighted by atomic mass is 16.6. The molecule has 0 aromatic heterocycles. The number of para-hydroxylation sites is 1. The molecule has 0 saturated carbocycles. The molecular formula is C11H17N3O3. The van der Waals surface area contributed by atoms with Gasteiger partial charge in [-0.1, -0.05) is 13.0 Å². The first kappa shape index (κ1) is 13.2. The van der Waals surface area contributed by atoms with Crippen LogP contribution in [0.2, 0.25) is 0 Å².